The van der Waals surface area contributed by atoms with Crippen LogP contribution in [0.5, 0.6) is 5.75 Å². The number of benzene rings is 3. The van der Waals surface area contributed by atoms with Gasteiger partial charge in [0.05, 0.1) is 28.8 Å². The van der Waals surface area contributed by atoms with E-state index < -0.39 is 17.7 Å². The van der Waals surface area contributed by atoms with Gasteiger partial charge in [-0.15, -0.1) is 10.2 Å². The lowest BCUT2D eigenvalue weighted by Gasteiger charge is -2.23. The number of Topliss-reactive ketones (excluding diaryl/α,β-unsaturated/α-hetero) is 1. The summed E-state index contributed by atoms with van der Waals surface area (Å²) in [7, 11) is 1.58. The number of halogens is 2. The van der Waals surface area contributed by atoms with Crippen LogP contribution < -0.4 is 9.64 Å². The quantitative estimate of drug-likeness (QED) is 0.216. The third-order valence-corrected chi connectivity index (χ3v) is 7.01. The molecule has 1 N–H and O–H groups in total. The maximum Gasteiger partial charge on any atom is 0.301 e. The largest absolute Gasteiger partial charge is 0.507 e. The number of nitrogens with zero attached hydrogens (tertiary/aromatic N) is 3. The van der Waals surface area contributed by atoms with Crippen LogP contribution in [-0.2, 0) is 9.59 Å². The maximum atomic E-state index is 13.2. The summed E-state index contributed by atoms with van der Waals surface area (Å²) in [6.45, 7) is 0. The molecule has 34 heavy (non-hydrogen) atoms. The van der Waals surface area contributed by atoms with Crippen LogP contribution in [0.2, 0.25) is 10.0 Å². The van der Waals surface area contributed by atoms with Crippen molar-refractivity contribution >= 4 is 67.9 Å². The van der Waals surface area contributed by atoms with Crippen LogP contribution in [-0.4, -0.2) is 34.1 Å². The van der Waals surface area contributed by atoms with Gasteiger partial charge in [0.25, 0.3) is 5.78 Å². The van der Waals surface area contributed by atoms with Crippen molar-refractivity contribution in [2.24, 2.45) is 0 Å². The molecule has 7 nitrogen and oxygen atoms in total. The Hall–Kier alpha value is -3.46. The van der Waals surface area contributed by atoms with E-state index in [9.17, 15) is 14.7 Å². The Morgan fingerprint density at radius 1 is 1.03 bits per heavy atom. The second kappa shape index (κ2) is 8.72. The minimum Gasteiger partial charge on any atom is -0.507 e. The SMILES string of the molecule is COc1ccc2cc(/C(O)=C3\C(=O)C(=O)N(c4nncs4)C3c3ccc(Cl)c(Cl)c3)ccc2c1. The molecule has 1 aliphatic heterocycles. The predicted molar refractivity (Wildman–Crippen MR) is 132 cm³/mol. The van der Waals surface area contributed by atoms with E-state index >= 15 is 0 Å². The highest BCUT2D eigenvalue weighted by molar-refractivity contribution is 7.13. The smallest absolute Gasteiger partial charge is 0.301 e. The average Bonchev–Trinajstić information content (AvgIpc) is 3.46. The normalized spacial score (nSPS) is 17.5. The Labute approximate surface area is 207 Å². The van der Waals surface area contributed by atoms with E-state index in [-0.39, 0.29) is 21.5 Å². The molecule has 170 valence electrons. The maximum absolute atomic E-state index is 13.2. The number of methoxy groups -OCH3 is 1. The number of aromatic nitrogens is 2. The number of aliphatic hydroxyl groups excluding tert-OH is 1. The Balaban J connectivity index is 1.71. The minimum atomic E-state index is -0.964. The molecule has 0 saturated carbocycles. The number of aliphatic hydroxyl groups is 1. The van der Waals surface area contributed by atoms with Crippen LogP contribution in [0.3, 0.4) is 0 Å². The standard InChI is InChI=1S/C24H15Cl2N3O4S/c1-33-16-6-4-12-8-15(3-2-13(12)9-16)21(30)19-20(14-5-7-17(25)18(26)10-14)29(23(32)22(19)31)24-28-27-11-34-24/h2-11,20,30H,1H3/b21-19+. The summed E-state index contributed by atoms with van der Waals surface area (Å²) < 4.78 is 5.26. The molecule has 0 aliphatic carbocycles. The van der Waals surface area contributed by atoms with Gasteiger partial charge in [0.2, 0.25) is 5.13 Å². The van der Waals surface area contributed by atoms with E-state index in [2.05, 4.69) is 10.2 Å². The number of carbonyl (C=O) groups is 2. The van der Waals surface area contributed by atoms with Gasteiger partial charge in [0, 0.05) is 5.56 Å². The molecular weight excluding hydrogens is 497 g/mol. The Morgan fingerprint density at radius 3 is 2.50 bits per heavy atom. The molecule has 3 aromatic carbocycles. The van der Waals surface area contributed by atoms with E-state index in [4.69, 9.17) is 27.9 Å². The highest BCUT2D eigenvalue weighted by Crippen LogP contribution is 2.43. The zero-order valence-electron chi connectivity index (χ0n) is 17.5. The average molecular weight is 512 g/mol. The van der Waals surface area contributed by atoms with Crippen LogP contribution in [0.1, 0.15) is 17.2 Å². The summed E-state index contributed by atoms with van der Waals surface area (Å²) >= 11 is 13.4. The molecular formula is C24H15Cl2N3O4S. The van der Waals surface area contributed by atoms with Crippen molar-refractivity contribution in [2.45, 2.75) is 6.04 Å². The van der Waals surface area contributed by atoms with E-state index in [1.54, 1.807) is 43.5 Å². The fourth-order valence-corrected chi connectivity index (χ4v) is 4.84. The van der Waals surface area contributed by atoms with Crippen LogP contribution >= 0.6 is 34.5 Å². The van der Waals surface area contributed by atoms with Gasteiger partial charge in [-0.25, -0.2) is 0 Å². The van der Waals surface area contributed by atoms with Gasteiger partial charge in [-0.2, -0.15) is 0 Å². The first kappa shape index (κ1) is 22.3. The summed E-state index contributed by atoms with van der Waals surface area (Å²) in [5.41, 5.74) is 2.26. The zero-order chi connectivity index (χ0) is 24.0. The molecule has 1 atom stereocenters. The molecule has 1 saturated heterocycles. The van der Waals surface area contributed by atoms with Gasteiger partial charge in [0.15, 0.2) is 0 Å². The van der Waals surface area contributed by atoms with Crippen molar-refractivity contribution in [1.82, 2.24) is 10.2 Å². The molecule has 0 radical (unpaired) electrons. The second-order valence-electron chi connectivity index (χ2n) is 7.49. The van der Waals surface area contributed by atoms with Crippen LogP contribution in [0.25, 0.3) is 16.5 Å². The van der Waals surface area contributed by atoms with Gasteiger partial charge in [-0.3, -0.25) is 14.5 Å². The third-order valence-electron chi connectivity index (χ3n) is 5.58. The first-order valence-corrected chi connectivity index (χ1v) is 11.6. The summed E-state index contributed by atoms with van der Waals surface area (Å²) in [6, 6.07) is 14.6. The lowest BCUT2D eigenvalue weighted by atomic mass is 9.94. The number of ketones is 1. The van der Waals surface area contributed by atoms with Crippen LogP contribution in [0.15, 0.2) is 65.7 Å². The van der Waals surface area contributed by atoms with Gasteiger partial charge in [0.1, 0.15) is 17.0 Å². The number of hydrogen-bond donors (Lipinski definition) is 1. The number of anilines is 1. The Kier molecular flexibility index (Phi) is 5.73. The van der Waals surface area contributed by atoms with Crippen LogP contribution in [0, 0.1) is 0 Å². The van der Waals surface area contributed by atoms with E-state index in [1.807, 2.05) is 18.2 Å². The molecule has 0 spiro atoms. The monoisotopic (exact) mass is 511 g/mol. The molecule has 1 amide bonds. The van der Waals surface area contributed by atoms with Gasteiger partial charge < -0.3 is 9.84 Å². The highest BCUT2D eigenvalue weighted by atomic mass is 35.5. The van der Waals surface area contributed by atoms with Crippen molar-refractivity contribution in [3.63, 3.8) is 0 Å². The van der Waals surface area contributed by atoms with Crippen molar-refractivity contribution in [3.8, 4) is 5.75 Å². The molecule has 1 aromatic heterocycles. The molecule has 2 heterocycles. The molecule has 1 aliphatic rings. The number of carbonyl (C=O) groups excluding carboxylic acids is 2. The molecule has 1 unspecified atom stereocenters. The first-order valence-electron chi connectivity index (χ1n) is 9.99. The van der Waals surface area contributed by atoms with Crippen molar-refractivity contribution in [3.05, 3.63) is 86.9 Å². The van der Waals surface area contributed by atoms with Crippen molar-refractivity contribution in [1.29, 1.82) is 0 Å². The molecule has 5 rings (SSSR count). The fraction of sp³-hybridized carbons (Fsp3) is 0.0833. The van der Waals surface area contributed by atoms with E-state index in [1.165, 1.54) is 10.4 Å². The number of amides is 1. The number of hydrogen-bond acceptors (Lipinski definition) is 7. The molecule has 0 bridgehead atoms. The topological polar surface area (TPSA) is 92.6 Å². The summed E-state index contributed by atoms with van der Waals surface area (Å²) in [5, 5.41) is 21.6. The van der Waals surface area contributed by atoms with Gasteiger partial charge in [-0.1, -0.05) is 58.8 Å². The summed E-state index contributed by atoms with van der Waals surface area (Å²) in [4.78, 5) is 27.5. The van der Waals surface area contributed by atoms with E-state index in [0.29, 0.717) is 21.9 Å². The minimum absolute atomic E-state index is 0.0774. The number of ether oxygens (including phenoxy) is 1. The van der Waals surface area contributed by atoms with Crippen LogP contribution in [0.4, 0.5) is 5.13 Å². The molecule has 1 fully saturated rings. The van der Waals surface area contributed by atoms with Gasteiger partial charge >= 0.3 is 5.91 Å². The molecule has 4 aromatic rings. The van der Waals surface area contributed by atoms with Crippen molar-refractivity contribution < 1.29 is 19.4 Å². The Morgan fingerprint density at radius 2 is 1.79 bits per heavy atom. The molecule has 10 heteroatoms. The predicted octanol–water partition coefficient (Wildman–Crippen LogP) is 5.63. The van der Waals surface area contributed by atoms with E-state index in [0.717, 1.165) is 22.1 Å². The summed E-state index contributed by atoms with van der Waals surface area (Å²) in [5.74, 6) is -1.26. The van der Waals surface area contributed by atoms with Crippen molar-refractivity contribution in [2.75, 3.05) is 12.0 Å². The lowest BCUT2D eigenvalue weighted by molar-refractivity contribution is -0.132. The zero-order valence-corrected chi connectivity index (χ0v) is 19.9. The Bertz CT molecular complexity index is 1490. The number of fused-ring (bicyclic) bond motifs is 1. The fourth-order valence-electron chi connectivity index (χ4n) is 3.95. The lowest BCUT2D eigenvalue weighted by Crippen LogP contribution is -2.29. The number of rotatable bonds is 4. The third kappa shape index (κ3) is 3.69. The van der Waals surface area contributed by atoms with Gasteiger partial charge in [-0.05, 0) is 46.7 Å². The summed E-state index contributed by atoms with van der Waals surface area (Å²) in [6.07, 6.45) is 0. The second-order valence-corrected chi connectivity index (χ2v) is 9.12. The first-order chi connectivity index (χ1) is 16.4. The highest BCUT2D eigenvalue weighted by Gasteiger charge is 2.48.